The SMILES string of the molecule is C[CH]CC(Cl)CC. The lowest BCUT2D eigenvalue weighted by Crippen LogP contribution is -1.92. The van der Waals surface area contributed by atoms with Crippen LogP contribution in [0.2, 0.25) is 0 Å². The van der Waals surface area contributed by atoms with Crippen LogP contribution in [-0.4, -0.2) is 5.38 Å². The van der Waals surface area contributed by atoms with Gasteiger partial charge in [0.05, 0.1) is 0 Å². The van der Waals surface area contributed by atoms with Gasteiger partial charge in [0.15, 0.2) is 0 Å². The van der Waals surface area contributed by atoms with Crippen molar-refractivity contribution < 1.29 is 0 Å². The Morgan fingerprint density at radius 1 is 1.71 bits per heavy atom. The molecule has 0 nitrogen and oxygen atoms in total. The zero-order chi connectivity index (χ0) is 5.70. The molecule has 0 saturated heterocycles. The van der Waals surface area contributed by atoms with E-state index in [-0.39, 0.29) is 0 Å². The number of alkyl halides is 1. The van der Waals surface area contributed by atoms with E-state index in [2.05, 4.69) is 13.3 Å². The van der Waals surface area contributed by atoms with E-state index >= 15 is 0 Å². The Balaban J connectivity index is 2.83. The number of halogens is 1. The van der Waals surface area contributed by atoms with Gasteiger partial charge in [-0.1, -0.05) is 13.8 Å². The summed E-state index contributed by atoms with van der Waals surface area (Å²) in [6.07, 6.45) is 4.21. The van der Waals surface area contributed by atoms with Crippen LogP contribution in [0.4, 0.5) is 0 Å². The molecule has 0 fully saturated rings. The van der Waals surface area contributed by atoms with E-state index in [1.165, 1.54) is 0 Å². The van der Waals surface area contributed by atoms with Gasteiger partial charge in [-0.3, -0.25) is 0 Å². The van der Waals surface area contributed by atoms with Crippen LogP contribution in [0.5, 0.6) is 0 Å². The average molecular weight is 120 g/mol. The van der Waals surface area contributed by atoms with Crippen molar-refractivity contribution in [3.8, 4) is 0 Å². The summed E-state index contributed by atoms with van der Waals surface area (Å²) in [6, 6.07) is 0. The average Bonchev–Trinajstić information content (AvgIpc) is 1.68. The van der Waals surface area contributed by atoms with Crippen LogP contribution >= 0.6 is 11.6 Å². The van der Waals surface area contributed by atoms with Crippen LogP contribution in [0.25, 0.3) is 0 Å². The molecule has 1 heteroatoms. The van der Waals surface area contributed by atoms with Crippen LogP contribution in [0.15, 0.2) is 0 Å². The number of hydrogen-bond acceptors (Lipinski definition) is 0. The third kappa shape index (κ3) is 4.14. The second-order valence-electron chi connectivity index (χ2n) is 1.65. The molecule has 0 spiro atoms. The normalized spacial score (nSPS) is 14.1. The van der Waals surface area contributed by atoms with E-state index < -0.39 is 0 Å². The lowest BCUT2D eigenvalue weighted by atomic mass is 10.2. The summed E-state index contributed by atoms with van der Waals surface area (Å²) in [5.41, 5.74) is 0. The van der Waals surface area contributed by atoms with Crippen LogP contribution in [0.3, 0.4) is 0 Å². The standard InChI is InChI=1S/C6H12Cl/c1-3-5-6(7)4-2/h3,6H,4-5H2,1-2H3. The van der Waals surface area contributed by atoms with Crippen molar-refractivity contribution in [3.63, 3.8) is 0 Å². The predicted molar refractivity (Wildman–Crippen MR) is 34.5 cm³/mol. The van der Waals surface area contributed by atoms with Gasteiger partial charge in [0.1, 0.15) is 0 Å². The Kier molecular flexibility index (Phi) is 4.63. The fraction of sp³-hybridized carbons (Fsp3) is 0.833. The van der Waals surface area contributed by atoms with Crippen molar-refractivity contribution >= 4 is 11.6 Å². The molecule has 0 aliphatic heterocycles. The molecule has 0 heterocycles. The van der Waals surface area contributed by atoms with Gasteiger partial charge in [-0.15, -0.1) is 11.6 Å². The molecule has 0 bridgehead atoms. The van der Waals surface area contributed by atoms with Gasteiger partial charge in [0.2, 0.25) is 0 Å². The Morgan fingerprint density at radius 3 is 2.43 bits per heavy atom. The van der Waals surface area contributed by atoms with E-state index in [1.54, 1.807) is 0 Å². The Morgan fingerprint density at radius 2 is 2.29 bits per heavy atom. The molecular weight excluding hydrogens is 108 g/mol. The van der Waals surface area contributed by atoms with Crippen molar-refractivity contribution in [1.82, 2.24) is 0 Å². The maximum absolute atomic E-state index is 5.73. The number of hydrogen-bond donors (Lipinski definition) is 0. The second-order valence-corrected chi connectivity index (χ2v) is 2.27. The molecule has 1 atom stereocenters. The monoisotopic (exact) mass is 119 g/mol. The smallest absolute Gasteiger partial charge is 0.0336 e. The van der Waals surface area contributed by atoms with Crippen molar-refractivity contribution in [1.29, 1.82) is 0 Å². The van der Waals surface area contributed by atoms with E-state index in [1.807, 2.05) is 6.92 Å². The first kappa shape index (κ1) is 7.29. The first-order valence-corrected chi connectivity index (χ1v) is 3.16. The lowest BCUT2D eigenvalue weighted by molar-refractivity contribution is 0.794. The van der Waals surface area contributed by atoms with E-state index in [0.29, 0.717) is 5.38 Å². The number of rotatable bonds is 3. The van der Waals surface area contributed by atoms with E-state index in [0.717, 1.165) is 12.8 Å². The Hall–Kier alpha value is 0.290. The molecule has 0 aromatic carbocycles. The minimum atomic E-state index is 0.366. The molecule has 0 rings (SSSR count). The molecule has 0 amide bonds. The molecule has 0 N–H and O–H groups in total. The Bertz CT molecular complexity index is 35.2. The van der Waals surface area contributed by atoms with Gasteiger partial charge < -0.3 is 0 Å². The summed E-state index contributed by atoms with van der Waals surface area (Å²) in [5.74, 6) is 0. The summed E-state index contributed by atoms with van der Waals surface area (Å²) in [7, 11) is 0. The summed E-state index contributed by atoms with van der Waals surface area (Å²) >= 11 is 5.73. The Labute approximate surface area is 50.9 Å². The van der Waals surface area contributed by atoms with Crippen molar-refractivity contribution in [2.45, 2.75) is 32.1 Å². The highest BCUT2D eigenvalue weighted by Crippen LogP contribution is 2.06. The van der Waals surface area contributed by atoms with Gasteiger partial charge in [-0.2, -0.15) is 0 Å². The molecule has 1 unspecified atom stereocenters. The maximum Gasteiger partial charge on any atom is 0.0336 e. The molecule has 43 valence electrons. The highest BCUT2D eigenvalue weighted by Gasteiger charge is 1.95. The van der Waals surface area contributed by atoms with E-state index in [9.17, 15) is 0 Å². The van der Waals surface area contributed by atoms with Gasteiger partial charge in [0.25, 0.3) is 0 Å². The summed E-state index contributed by atoms with van der Waals surface area (Å²) in [4.78, 5) is 0. The second kappa shape index (κ2) is 4.45. The quantitative estimate of drug-likeness (QED) is 0.501. The zero-order valence-corrected chi connectivity index (χ0v) is 5.70. The van der Waals surface area contributed by atoms with Crippen LogP contribution in [0, 0.1) is 6.42 Å². The van der Waals surface area contributed by atoms with Crippen LogP contribution < -0.4 is 0 Å². The van der Waals surface area contributed by atoms with Crippen molar-refractivity contribution in [2.24, 2.45) is 0 Å². The predicted octanol–water partition coefficient (Wildman–Crippen LogP) is 2.62. The molecule has 1 radical (unpaired) electrons. The minimum Gasteiger partial charge on any atom is -0.123 e. The van der Waals surface area contributed by atoms with Crippen molar-refractivity contribution in [3.05, 3.63) is 6.42 Å². The first-order chi connectivity index (χ1) is 3.31. The summed E-state index contributed by atoms with van der Waals surface area (Å²) in [5, 5.41) is 0.366. The van der Waals surface area contributed by atoms with Gasteiger partial charge >= 0.3 is 0 Å². The van der Waals surface area contributed by atoms with E-state index in [4.69, 9.17) is 11.6 Å². The summed E-state index contributed by atoms with van der Waals surface area (Å²) < 4.78 is 0. The lowest BCUT2D eigenvalue weighted by Gasteiger charge is -1.99. The fourth-order valence-corrected chi connectivity index (χ4v) is 0.601. The molecule has 0 aromatic rings. The molecular formula is C6H12Cl. The van der Waals surface area contributed by atoms with Crippen molar-refractivity contribution in [2.75, 3.05) is 0 Å². The zero-order valence-electron chi connectivity index (χ0n) is 4.95. The summed E-state index contributed by atoms with van der Waals surface area (Å²) in [6.45, 7) is 4.13. The molecule has 0 saturated carbocycles. The highest BCUT2D eigenvalue weighted by atomic mass is 35.5. The molecule has 0 aromatic heterocycles. The third-order valence-corrected chi connectivity index (χ3v) is 1.42. The first-order valence-electron chi connectivity index (χ1n) is 2.73. The van der Waals surface area contributed by atoms with Gasteiger partial charge in [0, 0.05) is 5.38 Å². The highest BCUT2D eigenvalue weighted by molar-refractivity contribution is 6.20. The van der Waals surface area contributed by atoms with Crippen LogP contribution in [0.1, 0.15) is 26.7 Å². The minimum absolute atomic E-state index is 0.366. The third-order valence-electron chi connectivity index (χ3n) is 0.934. The van der Waals surface area contributed by atoms with Gasteiger partial charge in [-0.05, 0) is 19.3 Å². The maximum atomic E-state index is 5.73. The molecule has 0 aliphatic carbocycles. The molecule has 0 aliphatic rings. The molecule has 7 heavy (non-hydrogen) atoms. The van der Waals surface area contributed by atoms with Crippen LogP contribution in [-0.2, 0) is 0 Å². The largest absolute Gasteiger partial charge is 0.123 e. The van der Waals surface area contributed by atoms with Gasteiger partial charge in [-0.25, -0.2) is 0 Å². The fourth-order valence-electron chi connectivity index (χ4n) is 0.422. The topological polar surface area (TPSA) is 0 Å².